The third-order valence-corrected chi connectivity index (χ3v) is 12.2. The number of sulfonamides is 2. The van der Waals surface area contributed by atoms with Crippen LogP contribution < -0.4 is 14.2 Å². The summed E-state index contributed by atoms with van der Waals surface area (Å²) in [5.41, 5.74) is 0.498. The molecular weight excluding hydrogens is 689 g/mol. The van der Waals surface area contributed by atoms with Gasteiger partial charge in [0.25, 0.3) is 15.9 Å². The van der Waals surface area contributed by atoms with Gasteiger partial charge in [-0.1, -0.05) is 12.1 Å². The third-order valence-electron chi connectivity index (χ3n) is 8.75. The van der Waals surface area contributed by atoms with E-state index in [1.54, 1.807) is 26.8 Å². The van der Waals surface area contributed by atoms with E-state index in [9.17, 15) is 26.7 Å². The second-order valence-electron chi connectivity index (χ2n) is 12.7. The molecule has 0 bridgehead atoms. The van der Waals surface area contributed by atoms with Crippen molar-refractivity contribution in [3.63, 3.8) is 0 Å². The zero-order valence-electron chi connectivity index (χ0n) is 29.6. The fraction of sp³-hybridized carbons (Fsp3) is 0.529. The second kappa shape index (κ2) is 16.5. The molecule has 276 valence electrons. The van der Waals surface area contributed by atoms with Crippen molar-refractivity contribution >= 4 is 31.6 Å². The Hall–Kier alpha value is -3.70. The molecule has 0 aliphatic carbocycles. The van der Waals surface area contributed by atoms with E-state index in [1.807, 2.05) is 13.8 Å². The summed E-state index contributed by atoms with van der Waals surface area (Å²) in [5, 5.41) is 14.0. The van der Waals surface area contributed by atoms with E-state index in [0.717, 1.165) is 6.42 Å². The Kier molecular flexibility index (Phi) is 12.9. The third kappa shape index (κ3) is 9.15. The van der Waals surface area contributed by atoms with Crippen LogP contribution in [0, 0.1) is 19.8 Å². The molecule has 0 unspecified atom stereocenters. The molecule has 1 aliphatic heterocycles. The van der Waals surface area contributed by atoms with Crippen LogP contribution in [-0.2, 0) is 24.8 Å². The van der Waals surface area contributed by atoms with E-state index in [0.29, 0.717) is 25.2 Å². The molecule has 2 heterocycles. The van der Waals surface area contributed by atoms with Crippen LogP contribution >= 0.6 is 0 Å². The number of hydrogen-bond acceptors (Lipinski definition) is 11. The molecule has 4 atom stereocenters. The lowest BCUT2D eigenvalue weighted by Crippen LogP contribution is -2.48. The molecule has 1 amide bonds. The van der Waals surface area contributed by atoms with Crippen molar-refractivity contribution in [3.8, 4) is 11.5 Å². The average molecular weight is 737 g/mol. The highest BCUT2D eigenvalue weighted by Gasteiger charge is 2.34. The minimum atomic E-state index is -4.03. The molecule has 0 fully saturated rings. The van der Waals surface area contributed by atoms with Crippen LogP contribution in [0.2, 0.25) is 0 Å². The van der Waals surface area contributed by atoms with Crippen molar-refractivity contribution in [2.45, 2.75) is 81.9 Å². The molecule has 1 aromatic heterocycles. The van der Waals surface area contributed by atoms with Crippen LogP contribution in [0.15, 0.2) is 56.8 Å². The number of rotatable bonds is 10. The van der Waals surface area contributed by atoms with Crippen LogP contribution in [-0.4, -0.2) is 101 Å². The van der Waals surface area contributed by atoms with Crippen molar-refractivity contribution in [2.75, 3.05) is 45.2 Å². The molecule has 0 radical (unpaired) electrons. The number of carbonyl (C=O) groups is 1. The molecule has 1 aliphatic rings. The normalized spacial score (nSPS) is 20.5. The Labute approximate surface area is 294 Å². The Balaban J connectivity index is 1.68. The number of hydrogen-bond donors (Lipinski definition) is 2. The van der Waals surface area contributed by atoms with Gasteiger partial charge in [0.2, 0.25) is 10.0 Å². The smallest absolute Gasteiger partial charge is 0.261 e. The zero-order chi connectivity index (χ0) is 36.8. The Morgan fingerprint density at radius 2 is 1.80 bits per heavy atom. The number of aliphatic hydroxyl groups excluding tert-OH is 1. The topological polar surface area (TPSA) is 178 Å². The van der Waals surface area contributed by atoms with Crippen molar-refractivity contribution < 1.29 is 45.5 Å². The van der Waals surface area contributed by atoms with E-state index >= 15 is 0 Å². The Bertz CT molecular complexity index is 1810. The number of aryl methyl sites for hydroxylation is 2. The van der Waals surface area contributed by atoms with Crippen LogP contribution in [0.3, 0.4) is 0 Å². The first-order valence-electron chi connectivity index (χ1n) is 16.5. The number of anilines is 1. The molecule has 14 nitrogen and oxygen atoms in total. The van der Waals surface area contributed by atoms with Gasteiger partial charge in [0.15, 0.2) is 5.76 Å². The maximum absolute atomic E-state index is 14.4. The quantitative estimate of drug-likeness (QED) is 0.305. The first-order chi connectivity index (χ1) is 23.6. The van der Waals surface area contributed by atoms with Crippen LogP contribution in [0.5, 0.6) is 11.5 Å². The van der Waals surface area contributed by atoms with Gasteiger partial charge in [0.1, 0.15) is 22.1 Å². The van der Waals surface area contributed by atoms with Crippen LogP contribution in [0.4, 0.5) is 5.69 Å². The number of fused-ring (bicyclic) bond motifs is 1. The molecule has 2 N–H and O–H groups in total. The summed E-state index contributed by atoms with van der Waals surface area (Å²) in [6.07, 6.45) is 1.14. The predicted octanol–water partition coefficient (Wildman–Crippen LogP) is 4.22. The van der Waals surface area contributed by atoms with Gasteiger partial charge >= 0.3 is 0 Å². The van der Waals surface area contributed by atoms with Crippen molar-refractivity contribution in [1.29, 1.82) is 0 Å². The summed E-state index contributed by atoms with van der Waals surface area (Å²) >= 11 is 0. The van der Waals surface area contributed by atoms with E-state index in [4.69, 9.17) is 18.7 Å². The summed E-state index contributed by atoms with van der Waals surface area (Å²) < 4.78 is 80.2. The molecular formula is C34H48N4O10S2. The zero-order valence-corrected chi connectivity index (χ0v) is 31.2. The highest BCUT2D eigenvalue weighted by atomic mass is 32.2. The number of aliphatic hydroxyl groups is 1. The molecule has 3 aromatic rings. The summed E-state index contributed by atoms with van der Waals surface area (Å²) in [7, 11) is -5.06. The molecule has 50 heavy (non-hydrogen) atoms. The first kappa shape index (κ1) is 39.1. The number of carbonyl (C=O) groups excluding carboxylic acids is 1. The predicted molar refractivity (Wildman–Crippen MR) is 186 cm³/mol. The fourth-order valence-electron chi connectivity index (χ4n) is 5.77. The highest BCUT2D eigenvalue weighted by molar-refractivity contribution is 7.92. The molecule has 0 saturated carbocycles. The van der Waals surface area contributed by atoms with Gasteiger partial charge < -0.3 is 28.7 Å². The first-order valence-corrected chi connectivity index (χ1v) is 19.4. The Morgan fingerprint density at radius 1 is 1.10 bits per heavy atom. The summed E-state index contributed by atoms with van der Waals surface area (Å²) in [6, 6.07) is 9.76. The number of nitrogens with one attached hydrogen (secondary N) is 1. The van der Waals surface area contributed by atoms with E-state index in [-0.39, 0.29) is 64.0 Å². The maximum Gasteiger partial charge on any atom is 0.261 e. The molecule has 2 aromatic carbocycles. The minimum Gasteiger partial charge on any atom is -0.497 e. The number of benzene rings is 2. The van der Waals surface area contributed by atoms with Crippen molar-refractivity contribution in [1.82, 2.24) is 14.4 Å². The van der Waals surface area contributed by atoms with Gasteiger partial charge in [-0.15, -0.1) is 0 Å². The SMILES string of the molecule is COc1ccc(S(=O)(=O)Nc2ccc3c(c2)C(=O)N([C@H](C)CO)C[C@@H](C)[C@@H](CN(C)S(=O)(=O)c2c(C)noc2C)OCCCC[C@H](C)O3)cc1. The van der Waals surface area contributed by atoms with Crippen LogP contribution in [0.25, 0.3) is 0 Å². The average Bonchev–Trinajstić information content (AvgIpc) is 3.43. The lowest BCUT2D eigenvalue weighted by atomic mass is 10.0. The van der Waals surface area contributed by atoms with Crippen molar-refractivity contribution in [3.05, 3.63) is 59.5 Å². The number of ether oxygens (including phenoxy) is 3. The van der Waals surface area contributed by atoms with Gasteiger partial charge in [-0.2, -0.15) is 4.31 Å². The minimum absolute atomic E-state index is 0.00302. The number of likely N-dealkylation sites (N-methyl/N-ethyl adjacent to an activating group) is 1. The fourth-order valence-corrected chi connectivity index (χ4v) is 8.28. The molecule has 0 saturated heterocycles. The summed E-state index contributed by atoms with van der Waals surface area (Å²) in [4.78, 5) is 15.9. The highest BCUT2D eigenvalue weighted by Crippen LogP contribution is 2.30. The summed E-state index contributed by atoms with van der Waals surface area (Å²) in [6.45, 7) is 8.61. The summed E-state index contributed by atoms with van der Waals surface area (Å²) in [5.74, 6) is 0.0500. The van der Waals surface area contributed by atoms with E-state index < -0.39 is 44.0 Å². The van der Waals surface area contributed by atoms with Gasteiger partial charge in [-0.3, -0.25) is 9.52 Å². The van der Waals surface area contributed by atoms with E-state index in [1.165, 1.54) is 59.8 Å². The number of amides is 1. The lowest BCUT2D eigenvalue weighted by molar-refractivity contribution is -0.00835. The number of aromatic nitrogens is 1. The standard InChI is InChI=1S/C34H48N4O10S2/c1-22-19-38(23(2)21-39)34(40)30-18-27(36-49(41,42)29-14-12-28(45-7)13-15-29)11-16-31(30)47-24(3)10-8-9-17-46-32(22)20-37(6)50(43,44)33-25(4)35-48-26(33)5/h11-16,18,22-24,32,36,39H,8-10,17,19-21H2,1-7H3/t22-,23-,24+,32-/m1/s1. The monoisotopic (exact) mass is 736 g/mol. The van der Waals surface area contributed by atoms with E-state index in [2.05, 4.69) is 9.88 Å². The second-order valence-corrected chi connectivity index (χ2v) is 16.4. The Morgan fingerprint density at radius 3 is 2.42 bits per heavy atom. The number of methoxy groups -OCH3 is 1. The van der Waals surface area contributed by atoms with Gasteiger partial charge in [0.05, 0.1) is 42.4 Å². The maximum atomic E-state index is 14.4. The van der Waals surface area contributed by atoms with Gasteiger partial charge in [0, 0.05) is 38.3 Å². The molecule has 16 heteroatoms. The molecule has 0 spiro atoms. The number of nitrogens with zero attached hydrogens (tertiary/aromatic N) is 3. The lowest BCUT2D eigenvalue weighted by Gasteiger charge is -2.35. The van der Waals surface area contributed by atoms with Crippen LogP contribution in [0.1, 0.15) is 61.8 Å². The molecule has 4 rings (SSSR count). The van der Waals surface area contributed by atoms with Gasteiger partial charge in [-0.25, -0.2) is 16.8 Å². The largest absolute Gasteiger partial charge is 0.497 e. The van der Waals surface area contributed by atoms with Gasteiger partial charge in [-0.05, 0) is 89.4 Å². The van der Waals surface area contributed by atoms with Crippen molar-refractivity contribution in [2.24, 2.45) is 5.92 Å².